The van der Waals surface area contributed by atoms with Gasteiger partial charge in [0.25, 0.3) is 5.69 Å². The second-order valence-corrected chi connectivity index (χ2v) is 8.11. The number of piperazine rings is 1. The molecule has 1 aromatic carbocycles. The molecule has 156 valence electrons. The van der Waals surface area contributed by atoms with Crippen LogP contribution in [0.5, 0.6) is 0 Å². The van der Waals surface area contributed by atoms with Crippen LogP contribution in [-0.2, 0) is 11.5 Å². The molecule has 2 fully saturated rings. The van der Waals surface area contributed by atoms with Crippen molar-refractivity contribution in [2.45, 2.75) is 38.9 Å². The molecule has 0 radical (unpaired) electrons. The Morgan fingerprint density at radius 2 is 1.93 bits per heavy atom. The van der Waals surface area contributed by atoms with Gasteiger partial charge in [0.1, 0.15) is 0 Å². The summed E-state index contributed by atoms with van der Waals surface area (Å²) in [4.78, 5) is 29.8. The highest BCUT2D eigenvalue weighted by Gasteiger charge is 2.26. The zero-order valence-corrected chi connectivity index (χ0v) is 16.9. The number of piperidine rings is 1. The number of hydrogen-bond donors (Lipinski definition) is 0. The van der Waals surface area contributed by atoms with E-state index in [4.69, 9.17) is 0 Å². The highest BCUT2D eigenvalue weighted by molar-refractivity contribution is 5.81. The number of hydrogen-bond acceptors (Lipinski definition) is 6. The molecule has 2 aliphatic rings. The maximum Gasteiger partial charge on any atom is 0.270 e. The van der Waals surface area contributed by atoms with E-state index >= 15 is 0 Å². The lowest BCUT2D eigenvalue weighted by Crippen LogP contribution is -2.52. The number of non-ortho nitro benzene ring substituents is 1. The van der Waals surface area contributed by atoms with E-state index in [-0.39, 0.29) is 16.5 Å². The fourth-order valence-corrected chi connectivity index (χ4v) is 4.33. The summed E-state index contributed by atoms with van der Waals surface area (Å²) in [5.74, 6) is 0.255. The highest BCUT2D eigenvalue weighted by Crippen LogP contribution is 2.21. The number of nitro groups is 1. The second-order valence-electron chi connectivity index (χ2n) is 8.11. The molecule has 0 bridgehead atoms. The number of benzene rings is 1. The first kappa shape index (κ1) is 19.8. The summed E-state index contributed by atoms with van der Waals surface area (Å²) < 4.78 is 1.88. The average Bonchev–Trinajstić information content (AvgIpc) is 3.11. The molecule has 29 heavy (non-hydrogen) atoms. The van der Waals surface area contributed by atoms with E-state index < -0.39 is 0 Å². The lowest BCUT2D eigenvalue weighted by atomic mass is 10.0. The minimum absolute atomic E-state index is 0.0818. The molecule has 1 atom stereocenters. The number of fused-ring (bicyclic) bond motifs is 1. The number of nitrogens with zero attached hydrogens (tertiary/aromatic N) is 6. The van der Waals surface area contributed by atoms with Gasteiger partial charge in [-0.05, 0) is 32.3 Å². The summed E-state index contributed by atoms with van der Waals surface area (Å²) in [5.41, 5.74) is 0.977. The molecule has 9 nitrogen and oxygen atoms in total. The van der Waals surface area contributed by atoms with E-state index in [1.165, 1.54) is 12.5 Å². The van der Waals surface area contributed by atoms with Crippen molar-refractivity contribution in [3.63, 3.8) is 0 Å². The molecule has 9 heteroatoms. The van der Waals surface area contributed by atoms with Crippen LogP contribution in [0.1, 0.15) is 26.2 Å². The Kier molecular flexibility index (Phi) is 5.77. The monoisotopic (exact) mass is 400 g/mol. The smallest absolute Gasteiger partial charge is 0.270 e. The summed E-state index contributed by atoms with van der Waals surface area (Å²) in [6.45, 7) is 7.66. The number of aromatic nitrogens is 2. The molecular formula is C20H28N6O3. The Hall–Kier alpha value is -2.52. The van der Waals surface area contributed by atoms with Crippen LogP contribution in [0.2, 0.25) is 0 Å². The van der Waals surface area contributed by atoms with Crippen LogP contribution in [0.25, 0.3) is 10.9 Å². The van der Waals surface area contributed by atoms with Crippen LogP contribution in [0.3, 0.4) is 0 Å². The van der Waals surface area contributed by atoms with Crippen LogP contribution >= 0.6 is 0 Å². The van der Waals surface area contributed by atoms with Crippen molar-refractivity contribution >= 4 is 22.5 Å². The fraction of sp³-hybridized carbons (Fsp3) is 0.600. The molecular weight excluding hydrogens is 372 g/mol. The van der Waals surface area contributed by atoms with Crippen LogP contribution < -0.4 is 0 Å². The molecule has 1 aromatic heterocycles. The summed E-state index contributed by atoms with van der Waals surface area (Å²) in [6.07, 6.45) is 5.13. The number of amides is 1. The zero-order valence-electron chi connectivity index (χ0n) is 16.9. The van der Waals surface area contributed by atoms with Crippen molar-refractivity contribution in [1.29, 1.82) is 0 Å². The first-order valence-corrected chi connectivity index (χ1v) is 10.4. The number of nitro benzene ring substituents is 1. The predicted molar refractivity (Wildman–Crippen MR) is 109 cm³/mol. The predicted octanol–water partition coefficient (Wildman–Crippen LogP) is 1.92. The van der Waals surface area contributed by atoms with E-state index in [1.807, 2.05) is 9.58 Å². The van der Waals surface area contributed by atoms with Gasteiger partial charge in [-0.25, -0.2) is 0 Å². The van der Waals surface area contributed by atoms with Gasteiger partial charge in [0.15, 0.2) is 0 Å². The lowest BCUT2D eigenvalue weighted by molar-refractivity contribution is -0.384. The van der Waals surface area contributed by atoms with Crippen molar-refractivity contribution in [1.82, 2.24) is 24.5 Å². The maximum atomic E-state index is 12.6. The molecule has 0 spiro atoms. The molecule has 2 saturated heterocycles. The summed E-state index contributed by atoms with van der Waals surface area (Å²) >= 11 is 0. The van der Waals surface area contributed by atoms with Gasteiger partial charge in [0.2, 0.25) is 5.91 Å². The minimum atomic E-state index is -0.387. The van der Waals surface area contributed by atoms with Crippen LogP contribution in [-0.4, -0.2) is 80.6 Å². The average molecular weight is 400 g/mol. The fourth-order valence-electron chi connectivity index (χ4n) is 4.33. The maximum absolute atomic E-state index is 12.6. The summed E-state index contributed by atoms with van der Waals surface area (Å²) in [6, 6.07) is 5.20. The van der Waals surface area contributed by atoms with Gasteiger partial charge in [-0.1, -0.05) is 0 Å². The van der Waals surface area contributed by atoms with Gasteiger partial charge >= 0.3 is 0 Å². The standard InChI is InChI=1S/C20H28N6O3/c1-16-4-2-3-7-24(16)20(27)14-22-8-10-23(11-9-22)15-25-19-6-5-18(26(28)29)12-17(19)13-21-25/h5-6,12-13,16H,2-4,7-11,14-15H2,1H3/t16-/m1/s1. The SMILES string of the molecule is C[C@@H]1CCCCN1C(=O)CN1CCN(Cn2ncc3cc([N+](=O)[O-])ccc32)CC1. The molecule has 4 rings (SSSR count). The Balaban J connectivity index is 1.30. The van der Waals surface area contributed by atoms with Crippen LogP contribution in [0.4, 0.5) is 5.69 Å². The molecule has 2 aromatic rings. The van der Waals surface area contributed by atoms with Crippen molar-refractivity contribution in [3.8, 4) is 0 Å². The Morgan fingerprint density at radius 1 is 1.17 bits per heavy atom. The highest BCUT2D eigenvalue weighted by atomic mass is 16.6. The Morgan fingerprint density at radius 3 is 2.66 bits per heavy atom. The number of carbonyl (C=O) groups excluding carboxylic acids is 1. The molecule has 1 amide bonds. The summed E-state index contributed by atoms with van der Waals surface area (Å²) in [5, 5.41) is 16.1. The van der Waals surface area contributed by atoms with Crippen LogP contribution in [0, 0.1) is 10.1 Å². The van der Waals surface area contributed by atoms with Crippen molar-refractivity contribution in [2.75, 3.05) is 39.3 Å². The molecule has 0 saturated carbocycles. The minimum Gasteiger partial charge on any atom is -0.339 e. The third-order valence-electron chi connectivity index (χ3n) is 6.12. The van der Waals surface area contributed by atoms with Crippen molar-refractivity contribution in [3.05, 3.63) is 34.5 Å². The number of carbonyl (C=O) groups is 1. The molecule has 0 N–H and O–H groups in total. The lowest BCUT2D eigenvalue weighted by Gasteiger charge is -2.38. The van der Waals surface area contributed by atoms with Gasteiger partial charge in [0.05, 0.1) is 29.9 Å². The second kappa shape index (κ2) is 8.46. The number of rotatable bonds is 5. The third kappa shape index (κ3) is 4.40. The summed E-state index contributed by atoms with van der Waals surface area (Å²) in [7, 11) is 0. The van der Waals surface area contributed by atoms with E-state index in [9.17, 15) is 14.9 Å². The van der Waals surface area contributed by atoms with E-state index in [0.717, 1.165) is 56.5 Å². The molecule has 3 heterocycles. The van der Waals surface area contributed by atoms with E-state index in [0.29, 0.717) is 19.3 Å². The van der Waals surface area contributed by atoms with Gasteiger partial charge < -0.3 is 4.90 Å². The van der Waals surface area contributed by atoms with Gasteiger partial charge in [-0.3, -0.25) is 29.4 Å². The van der Waals surface area contributed by atoms with E-state index in [2.05, 4.69) is 21.8 Å². The van der Waals surface area contributed by atoms with Crippen molar-refractivity contribution < 1.29 is 9.72 Å². The van der Waals surface area contributed by atoms with Gasteiger partial charge in [-0.2, -0.15) is 5.10 Å². The Labute approximate surface area is 170 Å². The first-order chi connectivity index (χ1) is 14.0. The zero-order chi connectivity index (χ0) is 20.4. The Bertz CT molecular complexity index is 889. The first-order valence-electron chi connectivity index (χ1n) is 10.4. The number of likely N-dealkylation sites (tertiary alicyclic amines) is 1. The van der Waals surface area contributed by atoms with Crippen LogP contribution in [0.15, 0.2) is 24.4 Å². The van der Waals surface area contributed by atoms with Gasteiger partial charge in [0, 0.05) is 56.3 Å². The molecule has 2 aliphatic heterocycles. The topological polar surface area (TPSA) is 87.8 Å². The normalized spacial score (nSPS) is 21.6. The largest absolute Gasteiger partial charge is 0.339 e. The van der Waals surface area contributed by atoms with Crippen molar-refractivity contribution in [2.24, 2.45) is 0 Å². The molecule has 0 unspecified atom stereocenters. The molecule has 0 aliphatic carbocycles. The van der Waals surface area contributed by atoms with E-state index in [1.54, 1.807) is 18.3 Å². The van der Waals surface area contributed by atoms with Gasteiger partial charge in [-0.15, -0.1) is 0 Å². The quantitative estimate of drug-likeness (QED) is 0.563. The third-order valence-corrected chi connectivity index (χ3v) is 6.12.